The van der Waals surface area contributed by atoms with E-state index < -0.39 is 0 Å². The van der Waals surface area contributed by atoms with Gasteiger partial charge in [0.25, 0.3) is 0 Å². The number of allylic oxidation sites excluding steroid dienone is 2. The minimum absolute atomic E-state index is 0.00582. The molecule has 9 fully saturated rings. The SMILES string of the molecule is CC1CC[C@]2(OC1)O[C@H]1CC3C4CC=C5C[C@@H](COC6OC7O[C@]8(C)CCC9[C@H](C)CCC([C@H]6C)[C@@]79C8)CC[C@]5(C)C4CC[C@]3(C)[C@H]1[C@@H]2C. The maximum Gasteiger partial charge on any atom is 0.171 e. The van der Waals surface area contributed by atoms with Crippen molar-refractivity contribution < 1.29 is 23.7 Å². The smallest absolute Gasteiger partial charge is 0.171 e. The lowest BCUT2D eigenvalue weighted by Crippen LogP contribution is -2.60. The van der Waals surface area contributed by atoms with Crippen molar-refractivity contribution in [3.63, 3.8) is 0 Å². The molecule has 4 heterocycles. The molecular weight excluding hydrogens is 608 g/mol. The summed E-state index contributed by atoms with van der Waals surface area (Å²) < 4.78 is 34.3. The van der Waals surface area contributed by atoms with Gasteiger partial charge < -0.3 is 23.7 Å². The first-order chi connectivity index (χ1) is 23.4. The molecule has 4 aliphatic heterocycles. The number of hydrogen-bond donors (Lipinski definition) is 0. The third kappa shape index (κ3) is 4.47. The Kier molecular flexibility index (Phi) is 7.47. The highest BCUT2D eigenvalue weighted by atomic mass is 16.8. The van der Waals surface area contributed by atoms with Crippen LogP contribution >= 0.6 is 0 Å². The maximum absolute atomic E-state index is 7.05. The zero-order valence-electron chi connectivity index (χ0n) is 32.0. The van der Waals surface area contributed by atoms with E-state index in [4.69, 9.17) is 23.7 Å². The summed E-state index contributed by atoms with van der Waals surface area (Å²) in [7, 11) is 0. The van der Waals surface area contributed by atoms with Crippen molar-refractivity contribution in [3.8, 4) is 0 Å². The van der Waals surface area contributed by atoms with Crippen LogP contribution in [0.2, 0.25) is 0 Å². The predicted molar refractivity (Wildman–Crippen MR) is 190 cm³/mol. The van der Waals surface area contributed by atoms with Crippen LogP contribution < -0.4 is 0 Å². The van der Waals surface area contributed by atoms with Crippen LogP contribution in [0.3, 0.4) is 0 Å². The highest BCUT2D eigenvalue weighted by molar-refractivity contribution is 5.26. The van der Waals surface area contributed by atoms with Gasteiger partial charge in [-0.3, -0.25) is 0 Å². The first-order valence-corrected chi connectivity index (χ1v) is 21.4. The van der Waals surface area contributed by atoms with E-state index >= 15 is 0 Å². The maximum atomic E-state index is 7.05. The lowest BCUT2D eigenvalue weighted by Gasteiger charge is -2.59. The molecule has 5 saturated carbocycles. The monoisotopic (exact) mass is 677 g/mol. The zero-order chi connectivity index (χ0) is 33.7. The molecule has 0 aromatic heterocycles. The van der Waals surface area contributed by atoms with Gasteiger partial charge >= 0.3 is 0 Å². The predicted octanol–water partition coefficient (Wildman–Crippen LogP) is 9.93. The number of rotatable bonds is 3. The first-order valence-electron chi connectivity index (χ1n) is 21.4. The van der Waals surface area contributed by atoms with Crippen molar-refractivity contribution in [2.24, 2.45) is 81.3 Å². The molecule has 274 valence electrons. The molecule has 0 amide bonds. The van der Waals surface area contributed by atoms with Gasteiger partial charge in [-0.25, -0.2) is 0 Å². The van der Waals surface area contributed by atoms with Crippen LogP contribution in [0.1, 0.15) is 138 Å². The fraction of sp³-hybridized carbons (Fsp3) is 0.955. The van der Waals surface area contributed by atoms with Crippen LogP contribution in [0.4, 0.5) is 0 Å². The van der Waals surface area contributed by atoms with E-state index in [1.165, 1.54) is 83.5 Å². The van der Waals surface area contributed by atoms with E-state index in [1.54, 1.807) is 5.57 Å². The Bertz CT molecular complexity index is 1350. The molecule has 2 bridgehead atoms. The van der Waals surface area contributed by atoms with E-state index in [2.05, 4.69) is 54.5 Å². The summed E-state index contributed by atoms with van der Waals surface area (Å²) in [6.45, 7) is 19.2. The molecule has 0 N–H and O–H groups in total. The number of hydrogen-bond acceptors (Lipinski definition) is 5. The third-order valence-corrected chi connectivity index (χ3v) is 18.8. The summed E-state index contributed by atoms with van der Waals surface area (Å²) in [5.41, 5.74) is 2.72. The van der Waals surface area contributed by atoms with Gasteiger partial charge in [0.05, 0.1) is 24.9 Å². The van der Waals surface area contributed by atoms with Crippen molar-refractivity contribution in [2.45, 2.75) is 168 Å². The molecule has 0 aromatic rings. The van der Waals surface area contributed by atoms with Gasteiger partial charge in [-0.1, -0.05) is 59.6 Å². The summed E-state index contributed by atoms with van der Waals surface area (Å²) >= 11 is 0. The molecule has 5 heteroatoms. The average Bonchev–Trinajstić information content (AvgIpc) is 3.61. The minimum Gasteiger partial charge on any atom is -0.352 e. The second-order valence-electron chi connectivity index (χ2n) is 21.1. The van der Waals surface area contributed by atoms with Crippen LogP contribution in [-0.4, -0.2) is 43.3 Å². The molecule has 6 aliphatic carbocycles. The van der Waals surface area contributed by atoms with Gasteiger partial charge in [0.1, 0.15) is 0 Å². The van der Waals surface area contributed by atoms with E-state index in [1.807, 2.05) is 0 Å². The number of fused-ring (bicyclic) bond motifs is 8. The van der Waals surface area contributed by atoms with E-state index in [-0.39, 0.29) is 29.4 Å². The van der Waals surface area contributed by atoms with Crippen molar-refractivity contribution in [1.82, 2.24) is 0 Å². The van der Waals surface area contributed by atoms with Crippen LogP contribution in [0.25, 0.3) is 0 Å². The van der Waals surface area contributed by atoms with Crippen molar-refractivity contribution in [3.05, 3.63) is 11.6 Å². The van der Waals surface area contributed by atoms with Gasteiger partial charge in [-0.05, 0) is 148 Å². The molecule has 2 spiro atoms. The first kappa shape index (κ1) is 33.1. The van der Waals surface area contributed by atoms with E-state index in [0.717, 1.165) is 49.2 Å². The lowest BCUT2D eigenvalue weighted by atomic mass is 9.46. The Morgan fingerprint density at radius 2 is 1.67 bits per heavy atom. The second kappa shape index (κ2) is 11.0. The molecule has 10 rings (SSSR count). The van der Waals surface area contributed by atoms with Crippen LogP contribution in [0.15, 0.2) is 11.6 Å². The summed E-state index contributed by atoms with van der Waals surface area (Å²) in [5, 5.41) is 0. The normalized spacial score (nSPS) is 61.7. The molecule has 10 aliphatic rings. The summed E-state index contributed by atoms with van der Waals surface area (Å²) in [6.07, 6.45) is 20.8. The van der Waals surface area contributed by atoms with Gasteiger partial charge in [0, 0.05) is 23.7 Å². The summed E-state index contributed by atoms with van der Waals surface area (Å²) in [6, 6.07) is 0. The zero-order valence-corrected chi connectivity index (χ0v) is 32.0. The Morgan fingerprint density at radius 3 is 2.49 bits per heavy atom. The molecule has 4 saturated heterocycles. The highest BCUT2D eigenvalue weighted by Gasteiger charge is 2.71. The molecule has 0 aromatic carbocycles. The summed E-state index contributed by atoms with van der Waals surface area (Å²) in [5.74, 6) is 7.17. The quantitative estimate of drug-likeness (QED) is 0.279. The largest absolute Gasteiger partial charge is 0.352 e. The Balaban J connectivity index is 0.812. The Morgan fingerprint density at radius 1 is 0.837 bits per heavy atom. The second-order valence-corrected chi connectivity index (χ2v) is 21.1. The molecule has 49 heavy (non-hydrogen) atoms. The molecular formula is C44H68O5. The molecule has 5 nitrogen and oxygen atoms in total. The van der Waals surface area contributed by atoms with Crippen molar-refractivity contribution in [2.75, 3.05) is 13.2 Å². The Labute approximate surface area is 297 Å². The fourth-order valence-corrected chi connectivity index (χ4v) is 16.3. The molecule has 8 unspecified atom stereocenters. The third-order valence-electron chi connectivity index (χ3n) is 18.8. The lowest BCUT2D eigenvalue weighted by molar-refractivity contribution is -0.343. The van der Waals surface area contributed by atoms with Gasteiger partial charge in [-0.2, -0.15) is 0 Å². The van der Waals surface area contributed by atoms with Crippen molar-refractivity contribution in [1.29, 1.82) is 0 Å². The molecule has 19 atom stereocenters. The van der Waals surface area contributed by atoms with Gasteiger partial charge in [-0.15, -0.1) is 0 Å². The van der Waals surface area contributed by atoms with Crippen molar-refractivity contribution >= 4 is 0 Å². The Hall–Kier alpha value is -0.460. The highest BCUT2D eigenvalue weighted by Crippen LogP contribution is 2.72. The van der Waals surface area contributed by atoms with E-state index in [9.17, 15) is 0 Å². The molecule has 0 radical (unpaired) electrons. The fourth-order valence-electron chi connectivity index (χ4n) is 16.3. The van der Waals surface area contributed by atoms with Gasteiger partial charge in [0.15, 0.2) is 18.4 Å². The van der Waals surface area contributed by atoms with Crippen LogP contribution in [0, 0.1) is 81.3 Å². The van der Waals surface area contributed by atoms with Crippen LogP contribution in [0.5, 0.6) is 0 Å². The minimum atomic E-state index is -0.306. The van der Waals surface area contributed by atoms with E-state index in [0.29, 0.717) is 52.4 Å². The van der Waals surface area contributed by atoms with Crippen LogP contribution in [-0.2, 0) is 23.7 Å². The standard InChI is InChI=1S/C44H68O5/c1-25-12-19-44(46-22-25)28(4)37-36(48-44)21-35-31-10-9-30-20-29(13-17-41(30,6)34(31)15-18-42(35,37)7)23-45-38-27(3)33-11-8-26(2)32-14-16-40(5)24-43(32,33)39(47-38)49-40/h9,25-29,31-39H,8,10-24H2,1-7H3/t25?,26-,27-,28+,29+,31?,32?,33?,34?,35?,36+,37+,38?,39?,40-,41+,42+,43+,44+/m1/s1. The number of ether oxygens (including phenoxy) is 5. The van der Waals surface area contributed by atoms with Gasteiger partial charge in [0.2, 0.25) is 0 Å². The average molecular weight is 677 g/mol. The summed E-state index contributed by atoms with van der Waals surface area (Å²) in [4.78, 5) is 0. The topological polar surface area (TPSA) is 46.2 Å².